The number of alkyl halides is 1. The van der Waals surface area contributed by atoms with E-state index in [1.165, 1.54) is 5.56 Å². The predicted molar refractivity (Wildman–Crippen MR) is 70.4 cm³/mol. The van der Waals surface area contributed by atoms with Gasteiger partial charge in [0.2, 0.25) is 5.91 Å². The van der Waals surface area contributed by atoms with Crippen molar-refractivity contribution in [3.8, 4) is 0 Å². The van der Waals surface area contributed by atoms with Crippen LogP contribution in [0.3, 0.4) is 0 Å². The van der Waals surface area contributed by atoms with Crippen molar-refractivity contribution >= 4 is 21.8 Å². The molecular weight excluding hydrogens is 266 g/mol. The highest BCUT2D eigenvalue weighted by Gasteiger charge is 2.20. The standard InChI is InChI=1S/C13H18BrNO/c1-13(2,3)12(16)15-9-11-6-4-5-10(7-11)8-14/h4-7H,8-9H2,1-3H3,(H,15,16). The second-order valence-electron chi connectivity index (χ2n) is 4.89. The van der Waals surface area contributed by atoms with Crippen LogP contribution in [0.15, 0.2) is 24.3 Å². The Bertz CT molecular complexity index is 368. The maximum Gasteiger partial charge on any atom is 0.225 e. The van der Waals surface area contributed by atoms with Crippen molar-refractivity contribution in [1.29, 1.82) is 0 Å². The Morgan fingerprint density at radius 3 is 2.50 bits per heavy atom. The fourth-order valence-electron chi connectivity index (χ4n) is 1.27. The average Bonchev–Trinajstić information content (AvgIpc) is 2.25. The minimum atomic E-state index is -0.326. The van der Waals surface area contributed by atoms with E-state index in [0.717, 1.165) is 10.9 Å². The molecule has 0 saturated heterocycles. The van der Waals surface area contributed by atoms with E-state index in [1.807, 2.05) is 32.9 Å². The minimum absolute atomic E-state index is 0.0803. The Hall–Kier alpha value is -0.830. The molecule has 0 spiro atoms. The SMILES string of the molecule is CC(C)(C)C(=O)NCc1cccc(CBr)c1. The maximum atomic E-state index is 11.7. The van der Waals surface area contributed by atoms with Gasteiger partial charge in [-0.3, -0.25) is 4.79 Å². The van der Waals surface area contributed by atoms with Gasteiger partial charge in [-0.15, -0.1) is 0 Å². The molecule has 16 heavy (non-hydrogen) atoms. The number of benzene rings is 1. The van der Waals surface area contributed by atoms with Gasteiger partial charge in [0.15, 0.2) is 0 Å². The average molecular weight is 284 g/mol. The highest BCUT2D eigenvalue weighted by atomic mass is 79.9. The smallest absolute Gasteiger partial charge is 0.225 e. The van der Waals surface area contributed by atoms with Crippen molar-refractivity contribution in [2.24, 2.45) is 5.41 Å². The third-order valence-electron chi connectivity index (χ3n) is 2.28. The van der Waals surface area contributed by atoms with Gasteiger partial charge in [0.1, 0.15) is 0 Å². The van der Waals surface area contributed by atoms with E-state index < -0.39 is 0 Å². The zero-order valence-electron chi connectivity index (χ0n) is 10.0. The molecule has 1 amide bonds. The Balaban J connectivity index is 2.58. The second-order valence-corrected chi connectivity index (χ2v) is 5.45. The summed E-state index contributed by atoms with van der Waals surface area (Å²) >= 11 is 3.42. The van der Waals surface area contributed by atoms with Gasteiger partial charge in [0, 0.05) is 17.3 Å². The highest BCUT2D eigenvalue weighted by molar-refractivity contribution is 9.08. The van der Waals surface area contributed by atoms with Gasteiger partial charge in [0.05, 0.1) is 0 Å². The lowest BCUT2D eigenvalue weighted by atomic mass is 9.95. The molecule has 88 valence electrons. The van der Waals surface area contributed by atoms with Crippen molar-refractivity contribution in [3.63, 3.8) is 0 Å². The third kappa shape index (κ3) is 3.97. The topological polar surface area (TPSA) is 29.1 Å². The van der Waals surface area contributed by atoms with E-state index in [0.29, 0.717) is 6.54 Å². The molecule has 0 aliphatic heterocycles. The lowest BCUT2D eigenvalue weighted by Gasteiger charge is -2.17. The molecule has 1 aromatic rings. The quantitative estimate of drug-likeness (QED) is 0.848. The van der Waals surface area contributed by atoms with Crippen LogP contribution in [0.4, 0.5) is 0 Å². The Labute approximate surface area is 106 Å². The largest absolute Gasteiger partial charge is 0.352 e. The first kappa shape index (κ1) is 13.2. The summed E-state index contributed by atoms with van der Waals surface area (Å²) in [6.07, 6.45) is 0. The molecule has 0 bridgehead atoms. The van der Waals surface area contributed by atoms with Crippen molar-refractivity contribution in [1.82, 2.24) is 5.32 Å². The molecular formula is C13H18BrNO. The molecule has 0 atom stereocenters. The van der Waals surface area contributed by atoms with E-state index in [2.05, 4.69) is 33.4 Å². The minimum Gasteiger partial charge on any atom is -0.352 e. The summed E-state index contributed by atoms with van der Waals surface area (Å²) in [6.45, 7) is 6.34. The van der Waals surface area contributed by atoms with Crippen LogP contribution in [0, 0.1) is 5.41 Å². The van der Waals surface area contributed by atoms with Crippen LogP contribution >= 0.6 is 15.9 Å². The number of rotatable bonds is 3. The summed E-state index contributed by atoms with van der Waals surface area (Å²) in [5.41, 5.74) is 2.03. The molecule has 0 unspecified atom stereocenters. The third-order valence-corrected chi connectivity index (χ3v) is 2.93. The van der Waals surface area contributed by atoms with Gasteiger partial charge >= 0.3 is 0 Å². The number of carbonyl (C=O) groups is 1. The van der Waals surface area contributed by atoms with Gasteiger partial charge in [-0.05, 0) is 11.1 Å². The van der Waals surface area contributed by atoms with E-state index in [9.17, 15) is 4.79 Å². The van der Waals surface area contributed by atoms with Crippen LogP contribution in [-0.4, -0.2) is 5.91 Å². The molecule has 2 nitrogen and oxygen atoms in total. The fourth-order valence-corrected chi connectivity index (χ4v) is 1.62. The highest BCUT2D eigenvalue weighted by Crippen LogP contribution is 2.13. The summed E-state index contributed by atoms with van der Waals surface area (Å²) in [5, 5.41) is 3.78. The molecule has 0 radical (unpaired) electrons. The first-order valence-corrected chi connectivity index (χ1v) is 6.47. The normalized spacial score (nSPS) is 11.2. The molecule has 0 aliphatic rings. The maximum absolute atomic E-state index is 11.7. The van der Waals surface area contributed by atoms with Crippen molar-refractivity contribution in [2.45, 2.75) is 32.6 Å². The molecule has 1 aromatic carbocycles. The molecule has 0 saturated carbocycles. The number of amides is 1. The van der Waals surface area contributed by atoms with Gasteiger partial charge in [-0.1, -0.05) is 61.0 Å². The summed E-state index contributed by atoms with van der Waals surface area (Å²) in [5.74, 6) is 0.0803. The van der Waals surface area contributed by atoms with Crippen LogP contribution in [0.1, 0.15) is 31.9 Å². The van der Waals surface area contributed by atoms with Crippen molar-refractivity contribution in [2.75, 3.05) is 0 Å². The van der Waals surface area contributed by atoms with Gasteiger partial charge < -0.3 is 5.32 Å². The number of nitrogens with one attached hydrogen (secondary N) is 1. The zero-order valence-corrected chi connectivity index (χ0v) is 11.6. The molecule has 3 heteroatoms. The molecule has 1 N–H and O–H groups in total. The molecule has 1 rings (SSSR count). The van der Waals surface area contributed by atoms with E-state index in [1.54, 1.807) is 0 Å². The van der Waals surface area contributed by atoms with Crippen LogP contribution in [0.2, 0.25) is 0 Å². The number of carbonyl (C=O) groups excluding carboxylic acids is 1. The lowest BCUT2D eigenvalue weighted by Crippen LogP contribution is -2.34. The Kier molecular flexibility index (Phi) is 4.54. The molecule has 0 aromatic heterocycles. The first-order chi connectivity index (χ1) is 7.43. The fraction of sp³-hybridized carbons (Fsp3) is 0.462. The van der Waals surface area contributed by atoms with Crippen LogP contribution in [0.25, 0.3) is 0 Å². The summed E-state index contributed by atoms with van der Waals surface area (Å²) in [7, 11) is 0. The number of hydrogen-bond acceptors (Lipinski definition) is 1. The first-order valence-electron chi connectivity index (χ1n) is 5.35. The monoisotopic (exact) mass is 283 g/mol. The Morgan fingerprint density at radius 1 is 1.31 bits per heavy atom. The second kappa shape index (κ2) is 5.48. The lowest BCUT2D eigenvalue weighted by molar-refractivity contribution is -0.128. The van der Waals surface area contributed by atoms with Gasteiger partial charge in [-0.25, -0.2) is 0 Å². The summed E-state index contributed by atoms with van der Waals surface area (Å²) in [4.78, 5) is 11.7. The van der Waals surface area contributed by atoms with Gasteiger partial charge in [-0.2, -0.15) is 0 Å². The van der Waals surface area contributed by atoms with E-state index in [-0.39, 0.29) is 11.3 Å². The molecule has 0 fully saturated rings. The summed E-state index contributed by atoms with van der Waals surface area (Å²) < 4.78 is 0. The van der Waals surface area contributed by atoms with Crippen molar-refractivity contribution < 1.29 is 4.79 Å². The van der Waals surface area contributed by atoms with Crippen LogP contribution < -0.4 is 5.32 Å². The zero-order chi connectivity index (χ0) is 12.2. The van der Waals surface area contributed by atoms with E-state index >= 15 is 0 Å². The number of halogens is 1. The van der Waals surface area contributed by atoms with Crippen LogP contribution in [-0.2, 0) is 16.7 Å². The van der Waals surface area contributed by atoms with E-state index in [4.69, 9.17) is 0 Å². The predicted octanol–water partition coefficient (Wildman–Crippen LogP) is 3.24. The van der Waals surface area contributed by atoms with Gasteiger partial charge in [0.25, 0.3) is 0 Å². The molecule has 0 heterocycles. The number of hydrogen-bond donors (Lipinski definition) is 1. The Morgan fingerprint density at radius 2 is 1.94 bits per heavy atom. The summed E-state index contributed by atoms with van der Waals surface area (Å²) in [6, 6.07) is 8.19. The van der Waals surface area contributed by atoms with Crippen LogP contribution in [0.5, 0.6) is 0 Å². The van der Waals surface area contributed by atoms with Crippen molar-refractivity contribution in [3.05, 3.63) is 35.4 Å². The molecule has 0 aliphatic carbocycles.